The van der Waals surface area contributed by atoms with Gasteiger partial charge in [-0.3, -0.25) is 0 Å². The van der Waals surface area contributed by atoms with Crippen LogP contribution in [0, 0.1) is 5.82 Å². The first kappa shape index (κ1) is 15.1. The molecule has 1 unspecified atom stereocenters. The molecule has 0 saturated heterocycles. The third kappa shape index (κ3) is 3.18. The third-order valence-corrected chi connectivity index (χ3v) is 3.40. The lowest BCUT2D eigenvalue weighted by Crippen LogP contribution is -2.12. The summed E-state index contributed by atoms with van der Waals surface area (Å²) in [6.45, 7) is 3.65. The van der Waals surface area contributed by atoms with Crippen LogP contribution in [0.4, 0.5) is 10.2 Å². The summed E-state index contributed by atoms with van der Waals surface area (Å²) in [7, 11) is 0. The lowest BCUT2D eigenvalue weighted by atomic mass is 10.2. The van der Waals surface area contributed by atoms with Gasteiger partial charge >= 0.3 is 0 Å². The van der Waals surface area contributed by atoms with E-state index in [2.05, 4.69) is 25.4 Å². The molecule has 6 nitrogen and oxygen atoms in total. The molecule has 1 N–H and O–H groups in total. The topological polar surface area (TPSA) is 76.7 Å². The van der Waals surface area contributed by atoms with E-state index in [4.69, 9.17) is 4.52 Å². The minimum absolute atomic E-state index is 0.135. The Hall–Kier alpha value is -2.83. The fraction of sp³-hybridized carbons (Fsp3) is 0.250. The smallest absolute Gasteiger partial charge is 0.257 e. The Morgan fingerprint density at radius 3 is 2.74 bits per heavy atom. The number of benzene rings is 1. The van der Waals surface area contributed by atoms with Gasteiger partial charge < -0.3 is 9.84 Å². The molecule has 3 aromatic rings. The summed E-state index contributed by atoms with van der Waals surface area (Å²) in [5, 5.41) is 6.90. The van der Waals surface area contributed by atoms with Gasteiger partial charge in [-0.15, -0.1) is 0 Å². The number of hydrogen-bond donors (Lipinski definition) is 1. The maximum absolute atomic E-state index is 14.2. The molecule has 0 aliphatic carbocycles. The largest absolute Gasteiger partial charge is 0.358 e. The summed E-state index contributed by atoms with van der Waals surface area (Å²) in [5.41, 5.74) is 1.20. The van der Waals surface area contributed by atoms with E-state index < -0.39 is 5.82 Å². The highest BCUT2D eigenvalue weighted by molar-refractivity contribution is 5.52. The zero-order valence-corrected chi connectivity index (χ0v) is 12.8. The highest BCUT2D eigenvalue weighted by Gasteiger charge is 2.18. The van der Waals surface area contributed by atoms with Gasteiger partial charge in [-0.2, -0.15) is 4.98 Å². The van der Waals surface area contributed by atoms with Gasteiger partial charge in [0.05, 0.1) is 11.7 Å². The molecular weight excluding hydrogens is 297 g/mol. The van der Waals surface area contributed by atoms with Gasteiger partial charge in [-0.1, -0.05) is 30.3 Å². The number of halogens is 1. The van der Waals surface area contributed by atoms with Gasteiger partial charge in [0, 0.05) is 5.56 Å². The van der Waals surface area contributed by atoms with E-state index in [0.29, 0.717) is 23.8 Å². The molecule has 0 fully saturated rings. The van der Waals surface area contributed by atoms with E-state index >= 15 is 0 Å². The van der Waals surface area contributed by atoms with Crippen LogP contribution in [0.1, 0.15) is 31.4 Å². The van der Waals surface area contributed by atoms with E-state index in [-0.39, 0.29) is 11.9 Å². The second-order valence-electron chi connectivity index (χ2n) is 5.03. The Morgan fingerprint density at radius 1 is 1.22 bits per heavy atom. The molecule has 1 aromatic carbocycles. The fourth-order valence-electron chi connectivity index (χ4n) is 2.13. The van der Waals surface area contributed by atoms with Crippen molar-refractivity contribution in [3.63, 3.8) is 0 Å². The van der Waals surface area contributed by atoms with Crippen LogP contribution in [-0.4, -0.2) is 20.1 Å². The Balaban J connectivity index is 1.79. The highest BCUT2D eigenvalue weighted by atomic mass is 19.1. The van der Waals surface area contributed by atoms with Crippen LogP contribution in [0.5, 0.6) is 0 Å². The normalized spacial score (nSPS) is 12.1. The molecule has 0 radical (unpaired) electrons. The number of nitrogens with one attached hydrogen (secondary N) is 1. The van der Waals surface area contributed by atoms with Crippen molar-refractivity contribution in [2.45, 2.75) is 26.3 Å². The first-order chi connectivity index (χ1) is 11.2. The van der Waals surface area contributed by atoms with Crippen molar-refractivity contribution in [2.75, 3.05) is 5.32 Å². The molecule has 2 heterocycles. The van der Waals surface area contributed by atoms with Gasteiger partial charge in [0.25, 0.3) is 5.89 Å². The summed E-state index contributed by atoms with van der Waals surface area (Å²) in [4.78, 5) is 12.2. The maximum atomic E-state index is 14.2. The van der Waals surface area contributed by atoms with Crippen molar-refractivity contribution < 1.29 is 8.91 Å². The number of aromatic nitrogens is 4. The molecular formula is C16H16FN5O. The molecule has 0 spiro atoms. The zero-order chi connectivity index (χ0) is 16.2. The van der Waals surface area contributed by atoms with E-state index in [0.717, 1.165) is 5.56 Å². The zero-order valence-electron chi connectivity index (χ0n) is 12.8. The van der Waals surface area contributed by atoms with Crippen LogP contribution in [0.25, 0.3) is 11.5 Å². The Labute approximate surface area is 132 Å². The quantitative estimate of drug-likeness (QED) is 0.778. The molecule has 118 valence electrons. The average Bonchev–Trinajstić information content (AvgIpc) is 3.08. The molecule has 2 aromatic heterocycles. The summed E-state index contributed by atoms with van der Waals surface area (Å²) in [6, 6.07) is 9.10. The first-order valence-corrected chi connectivity index (χ1v) is 7.34. The van der Waals surface area contributed by atoms with E-state index in [1.54, 1.807) is 0 Å². The second kappa shape index (κ2) is 6.51. The van der Waals surface area contributed by atoms with Gasteiger partial charge in [0.1, 0.15) is 6.33 Å². The minimum Gasteiger partial charge on any atom is -0.358 e. The number of rotatable bonds is 5. The number of anilines is 1. The highest BCUT2D eigenvalue weighted by Crippen LogP contribution is 2.22. The molecule has 23 heavy (non-hydrogen) atoms. The lowest BCUT2D eigenvalue weighted by Gasteiger charge is -2.12. The SMILES string of the molecule is CCc1ncnc(NC(C)c2noc(-c3ccccc3)n2)c1F. The summed E-state index contributed by atoms with van der Waals surface area (Å²) >= 11 is 0. The Bertz CT molecular complexity index is 790. The monoisotopic (exact) mass is 313 g/mol. The van der Waals surface area contributed by atoms with Crippen LogP contribution in [0.3, 0.4) is 0 Å². The predicted octanol–water partition coefficient (Wildman–Crippen LogP) is 3.40. The van der Waals surface area contributed by atoms with Crippen LogP contribution >= 0.6 is 0 Å². The van der Waals surface area contributed by atoms with Crippen LogP contribution in [0.2, 0.25) is 0 Å². The fourth-order valence-corrected chi connectivity index (χ4v) is 2.13. The Kier molecular flexibility index (Phi) is 4.27. The van der Waals surface area contributed by atoms with Crippen molar-refractivity contribution in [3.8, 4) is 11.5 Å². The summed E-state index contributed by atoms with van der Waals surface area (Å²) in [6.07, 6.45) is 1.83. The molecule has 7 heteroatoms. The molecule has 0 aliphatic heterocycles. The van der Waals surface area contributed by atoms with Gasteiger partial charge in [-0.05, 0) is 25.5 Å². The molecule has 0 bridgehead atoms. The predicted molar refractivity (Wildman–Crippen MR) is 83.1 cm³/mol. The molecule has 0 amide bonds. The molecule has 0 saturated carbocycles. The van der Waals surface area contributed by atoms with Crippen molar-refractivity contribution in [1.82, 2.24) is 20.1 Å². The molecule has 0 aliphatic rings. The number of aryl methyl sites for hydroxylation is 1. The van der Waals surface area contributed by atoms with E-state index in [1.165, 1.54) is 6.33 Å². The van der Waals surface area contributed by atoms with Gasteiger partial charge in [-0.25, -0.2) is 14.4 Å². The summed E-state index contributed by atoms with van der Waals surface area (Å²) in [5.74, 6) is 0.538. The average molecular weight is 313 g/mol. The lowest BCUT2D eigenvalue weighted by molar-refractivity contribution is 0.419. The van der Waals surface area contributed by atoms with Crippen molar-refractivity contribution >= 4 is 5.82 Å². The Morgan fingerprint density at radius 2 is 2.00 bits per heavy atom. The standard InChI is InChI=1S/C16H16FN5O/c1-3-12-13(17)15(19-9-18-12)20-10(2)14-21-16(23-22-14)11-7-5-4-6-8-11/h4-10H,3H2,1-2H3,(H,18,19,20). The maximum Gasteiger partial charge on any atom is 0.257 e. The summed E-state index contributed by atoms with van der Waals surface area (Å²) < 4.78 is 19.4. The van der Waals surface area contributed by atoms with Crippen molar-refractivity contribution in [2.24, 2.45) is 0 Å². The van der Waals surface area contributed by atoms with E-state index in [1.807, 2.05) is 44.2 Å². The van der Waals surface area contributed by atoms with Gasteiger partial charge in [0.2, 0.25) is 0 Å². The third-order valence-electron chi connectivity index (χ3n) is 3.40. The number of nitrogens with zero attached hydrogens (tertiary/aromatic N) is 4. The second-order valence-corrected chi connectivity index (χ2v) is 5.03. The minimum atomic E-state index is -0.450. The molecule has 3 rings (SSSR count). The van der Waals surface area contributed by atoms with Gasteiger partial charge in [0.15, 0.2) is 17.5 Å². The van der Waals surface area contributed by atoms with Crippen LogP contribution in [-0.2, 0) is 6.42 Å². The van der Waals surface area contributed by atoms with Crippen molar-refractivity contribution in [1.29, 1.82) is 0 Å². The number of hydrogen-bond acceptors (Lipinski definition) is 6. The van der Waals surface area contributed by atoms with Crippen LogP contribution in [0.15, 0.2) is 41.2 Å². The van der Waals surface area contributed by atoms with E-state index in [9.17, 15) is 4.39 Å². The van der Waals surface area contributed by atoms with Crippen LogP contribution < -0.4 is 5.32 Å². The van der Waals surface area contributed by atoms with Crippen molar-refractivity contribution in [3.05, 3.63) is 54.0 Å². The first-order valence-electron chi connectivity index (χ1n) is 7.34. The molecule has 1 atom stereocenters.